The summed E-state index contributed by atoms with van der Waals surface area (Å²) in [6, 6.07) is 6.02. The Bertz CT molecular complexity index is 551. The molecule has 0 aliphatic rings. The number of halogens is 1. The highest BCUT2D eigenvalue weighted by Gasteiger charge is 2.10. The summed E-state index contributed by atoms with van der Waals surface area (Å²) in [5.74, 6) is -0.817. The summed E-state index contributed by atoms with van der Waals surface area (Å²) in [4.78, 5) is 0. The average Bonchev–Trinajstić information content (AvgIpc) is 2.47. The van der Waals surface area contributed by atoms with E-state index in [9.17, 15) is 4.39 Å². The largest absolute Gasteiger partial charge is 0.309 e. The smallest absolute Gasteiger partial charge is 0.158 e. The highest BCUT2D eigenvalue weighted by atomic mass is 19.1. The van der Waals surface area contributed by atoms with E-state index < -0.39 is 5.82 Å². The van der Waals surface area contributed by atoms with E-state index in [2.05, 4.69) is 6.58 Å². The highest BCUT2D eigenvalue weighted by molar-refractivity contribution is 5.79. The second-order valence-corrected chi connectivity index (χ2v) is 3.16. The Kier molecular flexibility index (Phi) is 7.18. The van der Waals surface area contributed by atoms with Crippen LogP contribution < -0.4 is 0 Å². The van der Waals surface area contributed by atoms with E-state index in [4.69, 9.17) is 15.9 Å². The Morgan fingerprint density at radius 3 is 2.11 bits per heavy atom. The van der Waals surface area contributed by atoms with Crippen LogP contribution in [0.15, 0.2) is 30.9 Å². The van der Waals surface area contributed by atoms with Crippen molar-refractivity contribution >= 4 is 11.8 Å². The van der Waals surface area contributed by atoms with Gasteiger partial charge >= 0.3 is 0 Å². The van der Waals surface area contributed by atoms with E-state index in [1.165, 1.54) is 18.2 Å². The Morgan fingerprint density at radius 1 is 1.26 bits per heavy atom. The minimum atomic E-state index is -0.817. The minimum Gasteiger partial charge on any atom is -0.309 e. The van der Waals surface area contributed by atoms with E-state index in [1.807, 2.05) is 13.8 Å². The molecule has 96 valence electrons. The molecule has 0 saturated heterocycles. The number of rotatable bonds is 3. The lowest BCUT2D eigenvalue weighted by Crippen LogP contribution is -1.93. The maximum Gasteiger partial charge on any atom is 0.158 e. The summed E-state index contributed by atoms with van der Waals surface area (Å²) in [6.45, 7) is 7.71. The minimum absolute atomic E-state index is 0.191. The van der Waals surface area contributed by atoms with E-state index >= 15 is 0 Å². The van der Waals surface area contributed by atoms with E-state index in [0.29, 0.717) is 11.1 Å². The summed E-state index contributed by atoms with van der Waals surface area (Å²) in [5, 5.41) is 24.3. The fraction of sp³-hybridized carbons (Fsp3) is 0.133. The van der Waals surface area contributed by atoms with Crippen LogP contribution in [-0.4, -0.2) is 6.21 Å². The zero-order valence-electron chi connectivity index (χ0n) is 10.9. The van der Waals surface area contributed by atoms with Gasteiger partial charge in [0.05, 0.1) is 11.1 Å². The van der Waals surface area contributed by atoms with Crippen molar-refractivity contribution in [2.45, 2.75) is 13.8 Å². The van der Waals surface area contributed by atoms with E-state index in [0.717, 1.165) is 6.21 Å². The first-order valence-electron chi connectivity index (χ1n) is 5.64. The SMILES string of the molecule is C=C(/C=C\C=N)c1cc(C#N)c(F)c(C#N)c1.CC. The van der Waals surface area contributed by atoms with E-state index in [-0.39, 0.29) is 11.1 Å². The van der Waals surface area contributed by atoms with Gasteiger partial charge in [-0.3, -0.25) is 0 Å². The zero-order valence-corrected chi connectivity index (χ0v) is 10.9. The first-order chi connectivity index (χ1) is 9.13. The quantitative estimate of drug-likeness (QED) is 0.658. The van der Waals surface area contributed by atoms with Gasteiger partial charge in [0.1, 0.15) is 12.1 Å². The zero-order chi connectivity index (χ0) is 14.8. The number of allylic oxidation sites excluding steroid dienone is 3. The van der Waals surface area contributed by atoms with Gasteiger partial charge in [0.2, 0.25) is 0 Å². The number of hydrogen-bond donors (Lipinski definition) is 1. The molecule has 4 heteroatoms. The monoisotopic (exact) mass is 255 g/mol. The molecule has 0 saturated carbocycles. The molecule has 0 radical (unpaired) electrons. The molecule has 1 aromatic carbocycles. The Balaban J connectivity index is 0.00000154. The summed E-state index contributed by atoms with van der Waals surface area (Å²) in [7, 11) is 0. The molecule has 0 bridgehead atoms. The molecule has 19 heavy (non-hydrogen) atoms. The highest BCUT2D eigenvalue weighted by Crippen LogP contribution is 2.20. The normalized spacial score (nSPS) is 8.89. The van der Waals surface area contributed by atoms with Crippen molar-refractivity contribution in [1.82, 2.24) is 0 Å². The number of benzene rings is 1. The molecule has 1 rings (SSSR count). The predicted octanol–water partition coefficient (Wildman–Crippen LogP) is 3.81. The van der Waals surface area contributed by atoms with Gasteiger partial charge in [-0.1, -0.05) is 26.5 Å². The number of hydrogen-bond acceptors (Lipinski definition) is 3. The Hall–Kier alpha value is -2.72. The van der Waals surface area contributed by atoms with Crippen LogP contribution in [0.5, 0.6) is 0 Å². The van der Waals surface area contributed by atoms with Crippen molar-refractivity contribution in [2.75, 3.05) is 0 Å². The van der Waals surface area contributed by atoms with Crippen molar-refractivity contribution in [3.05, 3.63) is 53.4 Å². The number of nitriles is 2. The third kappa shape index (κ3) is 4.22. The third-order valence-electron chi connectivity index (χ3n) is 2.08. The lowest BCUT2D eigenvalue weighted by molar-refractivity contribution is 0.620. The maximum atomic E-state index is 13.4. The molecular weight excluding hydrogens is 241 g/mol. The second kappa shape index (κ2) is 8.38. The van der Waals surface area contributed by atoms with Gasteiger partial charge in [-0.15, -0.1) is 0 Å². The molecule has 0 aliphatic heterocycles. The maximum absolute atomic E-state index is 13.4. The summed E-state index contributed by atoms with van der Waals surface area (Å²) in [5.41, 5.74) is 0.603. The van der Waals surface area contributed by atoms with Gasteiger partial charge in [0.25, 0.3) is 0 Å². The van der Waals surface area contributed by atoms with Gasteiger partial charge < -0.3 is 5.41 Å². The molecule has 1 aromatic rings. The molecule has 0 amide bonds. The van der Waals surface area contributed by atoms with Crippen molar-refractivity contribution in [2.24, 2.45) is 0 Å². The third-order valence-corrected chi connectivity index (χ3v) is 2.08. The molecule has 0 atom stereocenters. The summed E-state index contributed by atoms with van der Waals surface area (Å²) >= 11 is 0. The molecule has 3 nitrogen and oxygen atoms in total. The van der Waals surface area contributed by atoms with Crippen LogP contribution in [0.3, 0.4) is 0 Å². The lowest BCUT2D eigenvalue weighted by Gasteiger charge is -2.03. The molecule has 0 aromatic heterocycles. The van der Waals surface area contributed by atoms with Crippen LogP contribution in [0.1, 0.15) is 30.5 Å². The first-order valence-corrected chi connectivity index (χ1v) is 5.64. The number of nitrogens with zero attached hydrogens (tertiary/aromatic N) is 2. The molecule has 0 unspecified atom stereocenters. The van der Waals surface area contributed by atoms with Gasteiger partial charge in [-0.2, -0.15) is 10.5 Å². The number of nitrogens with one attached hydrogen (secondary N) is 1. The predicted molar refractivity (Wildman–Crippen MR) is 74.1 cm³/mol. The standard InChI is InChI=1S/C13H8FN3.C2H6/c1-9(3-2-4-15)10-5-11(7-16)13(14)12(6-10)8-17;1-2/h2-6,15H,1H2;1-2H3/b3-2-,15-4?;. The van der Waals surface area contributed by atoms with Crippen LogP contribution in [0.25, 0.3) is 5.57 Å². The molecule has 0 heterocycles. The van der Waals surface area contributed by atoms with E-state index in [1.54, 1.807) is 18.2 Å². The fourth-order valence-electron chi connectivity index (χ4n) is 1.23. The Labute approximate surface area is 112 Å². The molecule has 0 aliphatic carbocycles. The van der Waals surface area contributed by atoms with Crippen LogP contribution in [0, 0.1) is 33.9 Å². The van der Waals surface area contributed by atoms with Gasteiger partial charge in [0, 0.05) is 6.21 Å². The van der Waals surface area contributed by atoms with Crippen LogP contribution >= 0.6 is 0 Å². The van der Waals surface area contributed by atoms with Gasteiger partial charge in [-0.25, -0.2) is 4.39 Å². The first kappa shape index (κ1) is 16.3. The summed E-state index contributed by atoms with van der Waals surface area (Å²) in [6.07, 6.45) is 4.07. The van der Waals surface area contributed by atoms with Crippen LogP contribution in [0.2, 0.25) is 0 Å². The second-order valence-electron chi connectivity index (χ2n) is 3.16. The average molecular weight is 255 g/mol. The molecule has 0 fully saturated rings. The van der Waals surface area contributed by atoms with Crippen molar-refractivity contribution in [3.63, 3.8) is 0 Å². The van der Waals surface area contributed by atoms with Crippen molar-refractivity contribution in [3.8, 4) is 12.1 Å². The van der Waals surface area contributed by atoms with Crippen molar-refractivity contribution < 1.29 is 4.39 Å². The molecule has 0 spiro atoms. The molecular formula is C15H14FN3. The van der Waals surface area contributed by atoms with Gasteiger partial charge in [0.15, 0.2) is 5.82 Å². The van der Waals surface area contributed by atoms with Crippen LogP contribution in [-0.2, 0) is 0 Å². The molecule has 1 N–H and O–H groups in total. The topological polar surface area (TPSA) is 71.4 Å². The summed E-state index contributed by atoms with van der Waals surface area (Å²) < 4.78 is 13.4. The van der Waals surface area contributed by atoms with Crippen molar-refractivity contribution in [1.29, 1.82) is 15.9 Å². The fourth-order valence-corrected chi connectivity index (χ4v) is 1.23. The lowest BCUT2D eigenvalue weighted by atomic mass is 10.0. The Morgan fingerprint density at radius 2 is 1.74 bits per heavy atom. The van der Waals surface area contributed by atoms with Gasteiger partial charge in [-0.05, 0) is 29.3 Å². The van der Waals surface area contributed by atoms with Crippen LogP contribution in [0.4, 0.5) is 4.39 Å².